The lowest BCUT2D eigenvalue weighted by atomic mass is 9.90. The van der Waals surface area contributed by atoms with Gasteiger partial charge in [-0.1, -0.05) is 55.3 Å². The molecule has 0 bridgehead atoms. The van der Waals surface area contributed by atoms with Gasteiger partial charge in [0.05, 0.1) is 12.1 Å². The predicted molar refractivity (Wildman–Crippen MR) is 107 cm³/mol. The van der Waals surface area contributed by atoms with Crippen molar-refractivity contribution in [1.29, 1.82) is 0 Å². The molecule has 2 aliphatic rings. The molecule has 3 atom stereocenters. The number of fused-ring (bicyclic) bond motifs is 1. The quantitative estimate of drug-likeness (QED) is 0.863. The Balaban J connectivity index is 1.60. The van der Waals surface area contributed by atoms with Gasteiger partial charge in [0.1, 0.15) is 6.04 Å². The van der Waals surface area contributed by atoms with Gasteiger partial charge in [0.15, 0.2) is 0 Å². The first-order valence-corrected chi connectivity index (χ1v) is 10.0. The fourth-order valence-corrected chi connectivity index (χ4v) is 4.28. The minimum atomic E-state index is -0.572. The number of rotatable bonds is 3. The molecular weight excluding hydrogens is 352 g/mol. The van der Waals surface area contributed by atoms with Crippen LogP contribution < -0.4 is 5.32 Å². The highest BCUT2D eigenvalue weighted by Gasteiger charge is 2.36. The van der Waals surface area contributed by atoms with E-state index in [-0.39, 0.29) is 17.9 Å². The third kappa shape index (κ3) is 3.80. The highest BCUT2D eigenvalue weighted by Crippen LogP contribution is 2.26. The Morgan fingerprint density at radius 3 is 2.36 bits per heavy atom. The molecule has 146 valence electrons. The summed E-state index contributed by atoms with van der Waals surface area (Å²) in [5, 5.41) is 13.3. The standard InChI is InChI=1S/C23H26N2O3/c26-21-13-7-6-12-19(21)24-22(27)20-14-17-10-4-5-11-18(17)15-25(20)23(28)16-8-2-1-3-9-16/h1-5,8-11,19-21,26H,6-7,12-15H2,(H,24,27)/t19-,20+,21-/m1/s1. The molecule has 1 saturated carbocycles. The van der Waals surface area contributed by atoms with Crippen molar-refractivity contribution in [2.75, 3.05) is 0 Å². The molecule has 1 aliphatic carbocycles. The van der Waals surface area contributed by atoms with E-state index in [1.54, 1.807) is 17.0 Å². The molecule has 1 fully saturated rings. The lowest BCUT2D eigenvalue weighted by molar-refractivity contribution is -0.128. The summed E-state index contributed by atoms with van der Waals surface area (Å²) in [6.45, 7) is 0.412. The second-order valence-electron chi connectivity index (χ2n) is 7.75. The number of hydrogen-bond donors (Lipinski definition) is 2. The van der Waals surface area contributed by atoms with Crippen molar-refractivity contribution in [3.8, 4) is 0 Å². The Kier molecular flexibility index (Phi) is 5.44. The van der Waals surface area contributed by atoms with Gasteiger partial charge in [-0.3, -0.25) is 9.59 Å². The average Bonchev–Trinajstić information content (AvgIpc) is 2.74. The molecule has 5 nitrogen and oxygen atoms in total. The third-order valence-corrected chi connectivity index (χ3v) is 5.89. The number of aliphatic hydroxyl groups is 1. The van der Waals surface area contributed by atoms with E-state index in [0.29, 0.717) is 24.9 Å². The molecular formula is C23H26N2O3. The largest absolute Gasteiger partial charge is 0.391 e. The topological polar surface area (TPSA) is 69.6 Å². The van der Waals surface area contributed by atoms with E-state index < -0.39 is 12.1 Å². The summed E-state index contributed by atoms with van der Waals surface area (Å²) in [6.07, 6.45) is 3.47. The highest BCUT2D eigenvalue weighted by molar-refractivity contribution is 5.98. The molecule has 0 radical (unpaired) electrons. The van der Waals surface area contributed by atoms with Crippen LogP contribution in [0.4, 0.5) is 0 Å². The van der Waals surface area contributed by atoms with Gasteiger partial charge in [0.2, 0.25) is 5.91 Å². The minimum absolute atomic E-state index is 0.139. The van der Waals surface area contributed by atoms with Crippen molar-refractivity contribution in [2.45, 2.75) is 56.8 Å². The molecule has 5 heteroatoms. The van der Waals surface area contributed by atoms with E-state index in [2.05, 4.69) is 5.32 Å². The summed E-state index contributed by atoms with van der Waals surface area (Å²) in [5.74, 6) is -0.316. The number of benzene rings is 2. The van der Waals surface area contributed by atoms with Crippen molar-refractivity contribution in [2.24, 2.45) is 0 Å². The van der Waals surface area contributed by atoms with Crippen LogP contribution in [-0.4, -0.2) is 40.0 Å². The highest BCUT2D eigenvalue weighted by atomic mass is 16.3. The molecule has 1 aliphatic heterocycles. The average molecular weight is 378 g/mol. The van der Waals surface area contributed by atoms with E-state index in [1.165, 1.54) is 0 Å². The van der Waals surface area contributed by atoms with Crippen LogP contribution in [0.25, 0.3) is 0 Å². The molecule has 1 heterocycles. The zero-order valence-electron chi connectivity index (χ0n) is 15.9. The Morgan fingerprint density at radius 1 is 0.929 bits per heavy atom. The Hall–Kier alpha value is -2.66. The summed E-state index contributed by atoms with van der Waals surface area (Å²) < 4.78 is 0. The van der Waals surface area contributed by atoms with Crippen LogP contribution in [0.3, 0.4) is 0 Å². The van der Waals surface area contributed by atoms with Crippen LogP contribution >= 0.6 is 0 Å². The summed E-state index contributed by atoms with van der Waals surface area (Å²) in [5.41, 5.74) is 2.76. The van der Waals surface area contributed by atoms with Gasteiger partial charge in [0, 0.05) is 18.5 Å². The van der Waals surface area contributed by atoms with Gasteiger partial charge >= 0.3 is 0 Å². The van der Waals surface area contributed by atoms with Crippen LogP contribution in [0.15, 0.2) is 54.6 Å². The minimum Gasteiger partial charge on any atom is -0.391 e. The van der Waals surface area contributed by atoms with Crippen LogP contribution in [0.1, 0.15) is 47.2 Å². The van der Waals surface area contributed by atoms with E-state index >= 15 is 0 Å². The summed E-state index contributed by atoms with van der Waals surface area (Å²) >= 11 is 0. The molecule has 2 aromatic rings. The molecule has 0 aromatic heterocycles. The fourth-order valence-electron chi connectivity index (χ4n) is 4.28. The van der Waals surface area contributed by atoms with Gasteiger partial charge in [0.25, 0.3) is 5.91 Å². The van der Waals surface area contributed by atoms with Crippen LogP contribution in [0.5, 0.6) is 0 Å². The first-order chi connectivity index (χ1) is 13.6. The number of carbonyl (C=O) groups is 2. The second kappa shape index (κ2) is 8.15. The van der Waals surface area contributed by atoms with Crippen LogP contribution in [0, 0.1) is 0 Å². The molecule has 0 spiro atoms. The first-order valence-electron chi connectivity index (χ1n) is 10.0. The third-order valence-electron chi connectivity index (χ3n) is 5.89. The summed E-state index contributed by atoms with van der Waals surface area (Å²) in [6, 6.07) is 16.3. The van der Waals surface area contributed by atoms with Crippen molar-refractivity contribution < 1.29 is 14.7 Å². The van der Waals surface area contributed by atoms with E-state index in [0.717, 1.165) is 30.4 Å². The molecule has 4 rings (SSSR count). The second-order valence-corrected chi connectivity index (χ2v) is 7.75. The van der Waals surface area contributed by atoms with Gasteiger partial charge in [-0.25, -0.2) is 0 Å². The number of nitrogens with zero attached hydrogens (tertiary/aromatic N) is 1. The number of aliphatic hydroxyl groups excluding tert-OH is 1. The number of amides is 2. The van der Waals surface area contributed by atoms with Crippen molar-refractivity contribution in [3.05, 3.63) is 71.3 Å². The van der Waals surface area contributed by atoms with E-state index in [9.17, 15) is 14.7 Å². The van der Waals surface area contributed by atoms with Crippen molar-refractivity contribution >= 4 is 11.8 Å². The van der Waals surface area contributed by atoms with Crippen LogP contribution in [-0.2, 0) is 17.8 Å². The smallest absolute Gasteiger partial charge is 0.254 e. The molecule has 2 N–H and O–H groups in total. The maximum atomic E-state index is 13.2. The van der Waals surface area contributed by atoms with Gasteiger partial charge in [-0.05, 0) is 36.1 Å². The SMILES string of the molecule is O=C(N[C@@H]1CCCC[C@H]1O)[C@@H]1Cc2ccccc2CN1C(=O)c1ccccc1. The number of hydrogen-bond acceptors (Lipinski definition) is 3. The molecule has 2 aromatic carbocycles. The van der Waals surface area contributed by atoms with Crippen LogP contribution in [0.2, 0.25) is 0 Å². The summed E-state index contributed by atoms with van der Waals surface area (Å²) in [7, 11) is 0. The number of nitrogens with one attached hydrogen (secondary N) is 1. The molecule has 0 unspecified atom stereocenters. The zero-order chi connectivity index (χ0) is 19.5. The molecule has 0 saturated heterocycles. The fraction of sp³-hybridized carbons (Fsp3) is 0.391. The van der Waals surface area contributed by atoms with Gasteiger partial charge in [-0.15, -0.1) is 0 Å². The van der Waals surface area contributed by atoms with Crippen molar-refractivity contribution in [3.63, 3.8) is 0 Å². The first kappa shape index (κ1) is 18.7. The lowest BCUT2D eigenvalue weighted by Gasteiger charge is -2.38. The lowest BCUT2D eigenvalue weighted by Crippen LogP contribution is -2.56. The van der Waals surface area contributed by atoms with Gasteiger partial charge in [-0.2, -0.15) is 0 Å². The predicted octanol–water partition coefficient (Wildman–Crippen LogP) is 2.67. The number of carbonyl (C=O) groups excluding carboxylic acids is 2. The maximum Gasteiger partial charge on any atom is 0.254 e. The maximum absolute atomic E-state index is 13.2. The Bertz CT molecular complexity index is 852. The Morgan fingerprint density at radius 2 is 1.61 bits per heavy atom. The molecule has 2 amide bonds. The monoisotopic (exact) mass is 378 g/mol. The molecule has 28 heavy (non-hydrogen) atoms. The van der Waals surface area contributed by atoms with Gasteiger partial charge < -0.3 is 15.3 Å². The zero-order valence-corrected chi connectivity index (χ0v) is 15.9. The Labute approximate surface area is 165 Å². The normalized spacial score (nSPS) is 24.3. The van der Waals surface area contributed by atoms with E-state index in [4.69, 9.17) is 0 Å². The van der Waals surface area contributed by atoms with E-state index in [1.807, 2.05) is 42.5 Å². The summed E-state index contributed by atoms with van der Waals surface area (Å²) in [4.78, 5) is 28.0. The van der Waals surface area contributed by atoms with Crippen molar-refractivity contribution in [1.82, 2.24) is 10.2 Å².